The van der Waals surface area contributed by atoms with Gasteiger partial charge in [0.1, 0.15) is 11.5 Å². The number of hydrogen-bond donors (Lipinski definition) is 1. The van der Waals surface area contributed by atoms with Crippen LogP contribution in [0.25, 0.3) is 22.3 Å². The highest BCUT2D eigenvalue weighted by molar-refractivity contribution is 6.06. The molecule has 3 aromatic rings. The third-order valence-electron chi connectivity index (χ3n) is 5.94. The van der Waals surface area contributed by atoms with Gasteiger partial charge in [-0.15, -0.1) is 24.8 Å². The molecule has 0 bridgehead atoms. The van der Waals surface area contributed by atoms with E-state index in [0.29, 0.717) is 25.2 Å². The van der Waals surface area contributed by atoms with Gasteiger partial charge in [-0.2, -0.15) is 5.10 Å². The summed E-state index contributed by atoms with van der Waals surface area (Å²) in [6, 6.07) is 3.99. The molecule has 0 spiro atoms. The van der Waals surface area contributed by atoms with Crippen LogP contribution in [0.1, 0.15) is 55.1 Å². The van der Waals surface area contributed by atoms with Crippen molar-refractivity contribution in [3.05, 3.63) is 35.4 Å². The van der Waals surface area contributed by atoms with Crippen LogP contribution in [-0.2, 0) is 0 Å². The number of hydrogen-bond acceptors (Lipinski definition) is 5. The predicted molar refractivity (Wildman–Crippen MR) is 127 cm³/mol. The lowest BCUT2D eigenvalue weighted by Crippen LogP contribution is -2.34. The molecule has 1 unspecified atom stereocenters. The largest absolute Gasteiger partial charge is 0.466 e. The summed E-state index contributed by atoms with van der Waals surface area (Å²) in [5.41, 5.74) is 8.92. The molecule has 7 nitrogen and oxygen atoms in total. The van der Waals surface area contributed by atoms with Crippen LogP contribution in [0, 0.1) is 19.3 Å². The molecule has 9 heteroatoms. The molecule has 4 heterocycles. The van der Waals surface area contributed by atoms with Crippen molar-refractivity contribution in [2.45, 2.75) is 47.1 Å². The van der Waals surface area contributed by atoms with E-state index in [1.807, 2.05) is 35.6 Å². The fourth-order valence-corrected chi connectivity index (χ4v) is 4.13. The molecule has 1 saturated heterocycles. The van der Waals surface area contributed by atoms with Crippen molar-refractivity contribution in [3.8, 4) is 11.3 Å². The van der Waals surface area contributed by atoms with Crippen LogP contribution in [0.15, 0.2) is 22.7 Å². The smallest absolute Gasteiger partial charge is 0.254 e. The second-order valence-corrected chi connectivity index (χ2v) is 8.79. The van der Waals surface area contributed by atoms with Gasteiger partial charge in [-0.1, -0.05) is 6.92 Å². The third-order valence-corrected chi connectivity index (χ3v) is 5.94. The second kappa shape index (κ2) is 9.18. The van der Waals surface area contributed by atoms with E-state index in [2.05, 4.69) is 25.9 Å². The van der Waals surface area contributed by atoms with Crippen molar-refractivity contribution < 1.29 is 9.21 Å². The van der Waals surface area contributed by atoms with Gasteiger partial charge >= 0.3 is 0 Å². The molecule has 3 aromatic heterocycles. The number of nitrogens with two attached hydrogens (primary N) is 1. The SMILES string of the molecule is Cc1cc(-c2cc(C(=O)N3CCC(C)(CN)C3)c3cnn(C(C)C)c3n2)c(C)o1.Cl.Cl. The number of carbonyl (C=O) groups excluding carboxylic acids is 1. The fraction of sp³-hybridized carbons (Fsp3) is 0.500. The Bertz CT molecular complexity index is 1090. The summed E-state index contributed by atoms with van der Waals surface area (Å²) < 4.78 is 7.58. The minimum Gasteiger partial charge on any atom is -0.466 e. The standard InChI is InChI=1S/C22H29N5O2.2ClH/c1-13(2)27-20-18(10-24-27)17(21(28)26-7-6-22(5,11-23)12-26)9-19(25-20)16-8-14(3)29-15(16)4;;/h8-10,13H,6-7,11-12,23H2,1-5H3;2*1H. The first-order valence-corrected chi connectivity index (χ1v) is 10.2. The molecular weight excluding hydrogens is 437 g/mol. The van der Waals surface area contributed by atoms with Gasteiger partial charge in [-0.05, 0) is 58.2 Å². The van der Waals surface area contributed by atoms with Gasteiger partial charge in [0.25, 0.3) is 5.91 Å². The summed E-state index contributed by atoms with van der Waals surface area (Å²) in [7, 11) is 0. The lowest BCUT2D eigenvalue weighted by atomic mass is 9.90. The van der Waals surface area contributed by atoms with Crippen LogP contribution < -0.4 is 5.73 Å². The van der Waals surface area contributed by atoms with E-state index in [4.69, 9.17) is 15.1 Å². The van der Waals surface area contributed by atoms with Crippen molar-refractivity contribution in [2.24, 2.45) is 11.1 Å². The van der Waals surface area contributed by atoms with Gasteiger partial charge in [0.15, 0.2) is 5.65 Å². The number of likely N-dealkylation sites (tertiary alicyclic amines) is 1. The summed E-state index contributed by atoms with van der Waals surface area (Å²) in [5.74, 6) is 1.63. The maximum Gasteiger partial charge on any atom is 0.254 e. The Hall–Kier alpha value is -2.09. The monoisotopic (exact) mass is 467 g/mol. The van der Waals surface area contributed by atoms with Crippen LogP contribution in [-0.4, -0.2) is 45.2 Å². The summed E-state index contributed by atoms with van der Waals surface area (Å²) in [5, 5.41) is 5.30. The Kier molecular flexibility index (Phi) is 7.46. The van der Waals surface area contributed by atoms with E-state index in [-0.39, 0.29) is 42.2 Å². The summed E-state index contributed by atoms with van der Waals surface area (Å²) in [4.78, 5) is 20.3. The Balaban J connectivity index is 0.00000171. The molecule has 1 aliphatic rings. The summed E-state index contributed by atoms with van der Waals surface area (Å²) >= 11 is 0. The Morgan fingerprint density at radius 1 is 1.29 bits per heavy atom. The lowest BCUT2D eigenvalue weighted by Gasteiger charge is -2.23. The number of amides is 1. The molecule has 170 valence electrons. The van der Waals surface area contributed by atoms with E-state index in [1.54, 1.807) is 6.20 Å². The van der Waals surface area contributed by atoms with Gasteiger partial charge in [-0.3, -0.25) is 4.79 Å². The van der Waals surface area contributed by atoms with E-state index in [0.717, 1.165) is 40.2 Å². The van der Waals surface area contributed by atoms with Gasteiger partial charge in [-0.25, -0.2) is 9.67 Å². The van der Waals surface area contributed by atoms with Gasteiger partial charge in [0.05, 0.1) is 22.8 Å². The van der Waals surface area contributed by atoms with Gasteiger partial charge in [0, 0.05) is 24.7 Å². The van der Waals surface area contributed by atoms with Crippen molar-refractivity contribution in [2.75, 3.05) is 19.6 Å². The predicted octanol–water partition coefficient (Wildman–Crippen LogP) is 4.54. The number of rotatable bonds is 4. The van der Waals surface area contributed by atoms with E-state index >= 15 is 0 Å². The third kappa shape index (κ3) is 4.45. The first kappa shape index (κ1) is 25.2. The highest BCUT2D eigenvalue weighted by Crippen LogP contribution is 2.33. The topological polar surface area (TPSA) is 90.2 Å². The van der Waals surface area contributed by atoms with Crippen LogP contribution in [0.2, 0.25) is 0 Å². The average molecular weight is 468 g/mol. The zero-order valence-corrected chi connectivity index (χ0v) is 20.3. The number of nitrogens with zero attached hydrogens (tertiary/aromatic N) is 4. The number of halogens is 2. The molecule has 4 rings (SSSR count). The zero-order valence-electron chi connectivity index (χ0n) is 18.6. The van der Waals surface area contributed by atoms with Crippen LogP contribution >= 0.6 is 24.8 Å². The number of aryl methyl sites for hydroxylation is 2. The number of fused-ring (bicyclic) bond motifs is 1. The highest BCUT2D eigenvalue weighted by Gasteiger charge is 2.36. The molecule has 0 radical (unpaired) electrons. The molecule has 0 aromatic carbocycles. The van der Waals surface area contributed by atoms with E-state index in [1.165, 1.54) is 0 Å². The minimum atomic E-state index is -0.0228. The zero-order chi connectivity index (χ0) is 20.9. The molecule has 1 aliphatic heterocycles. The summed E-state index contributed by atoms with van der Waals surface area (Å²) in [6.45, 7) is 12.1. The number of aromatic nitrogens is 3. The Labute approximate surface area is 195 Å². The van der Waals surface area contributed by atoms with Crippen LogP contribution in [0.4, 0.5) is 0 Å². The molecule has 1 fully saturated rings. The molecule has 0 aliphatic carbocycles. The fourth-order valence-electron chi connectivity index (χ4n) is 4.13. The molecule has 0 saturated carbocycles. The van der Waals surface area contributed by atoms with Crippen molar-refractivity contribution in [1.29, 1.82) is 0 Å². The first-order valence-electron chi connectivity index (χ1n) is 10.2. The molecule has 1 amide bonds. The second-order valence-electron chi connectivity index (χ2n) is 8.79. The van der Waals surface area contributed by atoms with E-state index in [9.17, 15) is 4.79 Å². The normalized spacial score (nSPS) is 18.4. The quantitative estimate of drug-likeness (QED) is 0.607. The van der Waals surface area contributed by atoms with E-state index < -0.39 is 0 Å². The van der Waals surface area contributed by atoms with Crippen LogP contribution in [0.3, 0.4) is 0 Å². The Morgan fingerprint density at radius 3 is 2.55 bits per heavy atom. The van der Waals surface area contributed by atoms with Gasteiger partial charge in [0.2, 0.25) is 0 Å². The number of carbonyl (C=O) groups is 1. The summed E-state index contributed by atoms with van der Waals surface area (Å²) in [6.07, 6.45) is 2.67. The van der Waals surface area contributed by atoms with Crippen LogP contribution in [0.5, 0.6) is 0 Å². The molecule has 31 heavy (non-hydrogen) atoms. The molecule has 2 N–H and O–H groups in total. The average Bonchev–Trinajstić information content (AvgIpc) is 3.37. The first-order chi connectivity index (χ1) is 13.7. The number of pyridine rings is 1. The number of furan rings is 1. The molecule has 1 atom stereocenters. The maximum absolute atomic E-state index is 13.5. The van der Waals surface area contributed by atoms with Crippen molar-refractivity contribution in [1.82, 2.24) is 19.7 Å². The lowest BCUT2D eigenvalue weighted by molar-refractivity contribution is 0.0779. The maximum atomic E-state index is 13.5. The van der Waals surface area contributed by atoms with Crippen molar-refractivity contribution >= 4 is 41.8 Å². The highest BCUT2D eigenvalue weighted by atomic mass is 35.5. The Morgan fingerprint density at radius 2 is 2.00 bits per heavy atom. The van der Waals surface area contributed by atoms with Crippen molar-refractivity contribution in [3.63, 3.8) is 0 Å². The minimum absolute atomic E-state index is 0. The van der Waals surface area contributed by atoms with Gasteiger partial charge < -0.3 is 15.1 Å². The molecular formula is C22H31Cl2N5O2.